The molecule has 0 aromatic carbocycles. The summed E-state index contributed by atoms with van der Waals surface area (Å²) in [6, 6.07) is 0. The Morgan fingerprint density at radius 3 is 3.00 bits per heavy atom. The van der Waals surface area contributed by atoms with E-state index in [9.17, 15) is 5.11 Å². The van der Waals surface area contributed by atoms with Gasteiger partial charge in [-0.1, -0.05) is 0 Å². The van der Waals surface area contributed by atoms with E-state index >= 15 is 0 Å². The smallest absolute Gasteiger partial charge is 0.153 e. The van der Waals surface area contributed by atoms with Crippen LogP contribution < -0.4 is 0 Å². The number of hydrogen-bond acceptors (Lipinski definition) is 3. The molecule has 0 aliphatic heterocycles. The van der Waals surface area contributed by atoms with Crippen LogP contribution in [0.15, 0.2) is 6.33 Å². The minimum absolute atomic E-state index is 0.414. The quantitative estimate of drug-likeness (QED) is 0.617. The molecule has 0 unspecified atom stereocenters. The number of H-pyrrole nitrogens is 1. The lowest BCUT2D eigenvalue weighted by atomic mass is 10.2. The molecule has 0 saturated heterocycles. The van der Waals surface area contributed by atoms with Gasteiger partial charge in [0.25, 0.3) is 0 Å². The van der Waals surface area contributed by atoms with Gasteiger partial charge in [0.15, 0.2) is 5.82 Å². The van der Waals surface area contributed by atoms with Gasteiger partial charge in [-0.2, -0.15) is 5.10 Å². The predicted octanol–water partition coefficient (Wildman–Crippen LogP) is 0.248. The van der Waals surface area contributed by atoms with Crippen molar-refractivity contribution in [3.63, 3.8) is 0 Å². The summed E-state index contributed by atoms with van der Waals surface area (Å²) in [5.41, 5.74) is 0. The molecule has 1 aromatic heterocycles. The van der Waals surface area contributed by atoms with Gasteiger partial charge in [0.1, 0.15) is 12.4 Å². The Morgan fingerprint density at radius 1 is 1.70 bits per heavy atom. The Kier molecular flexibility index (Phi) is 1.20. The molecular weight excluding hydrogens is 130 g/mol. The van der Waals surface area contributed by atoms with Crippen LogP contribution in [-0.2, 0) is 0 Å². The van der Waals surface area contributed by atoms with Gasteiger partial charge in [-0.25, -0.2) is 4.98 Å². The number of nitrogens with one attached hydrogen (secondary N) is 1. The van der Waals surface area contributed by atoms with Crippen molar-refractivity contribution in [2.24, 2.45) is 5.92 Å². The molecule has 4 nitrogen and oxygen atoms in total. The van der Waals surface area contributed by atoms with Crippen LogP contribution in [0.5, 0.6) is 0 Å². The topological polar surface area (TPSA) is 61.8 Å². The second-order valence-electron chi connectivity index (χ2n) is 2.65. The molecule has 1 aromatic rings. The molecule has 54 valence electrons. The summed E-state index contributed by atoms with van der Waals surface area (Å²) in [6.07, 6.45) is 3.23. The average molecular weight is 139 g/mol. The van der Waals surface area contributed by atoms with Crippen molar-refractivity contribution in [2.75, 3.05) is 0 Å². The largest absolute Gasteiger partial charge is 0.385 e. The van der Waals surface area contributed by atoms with Gasteiger partial charge in [0.05, 0.1) is 0 Å². The average Bonchev–Trinajstić information content (AvgIpc) is 2.65. The first-order valence-electron chi connectivity index (χ1n) is 3.41. The van der Waals surface area contributed by atoms with Crippen LogP contribution in [0.3, 0.4) is 0 Å². The zero-order valence-electron chi connectivity index (χ0n) is 5.49. The van der Waals surface area contributed by atoms with Crippen molar-refractivity contribution in [1.82, 2.24) is 15.2 Å². The second-order valence-corrected chi connectivity index (χ2v) is 2.65. The normalized spacial score (nSPS) is 20.9. The van der Waals surface area contributed by atoms with Crippen molar-refractivity contribution in [3.05, 3.63) is 12.2 Å². The van der Waals surface area contributed by atoms with E-state index < -0.39 is 6.10 Å². The van der Waals surface area contributed by atoms with Gasteiger partial charge in [-0.15, -0.1) is 0 Å². The first-order chi connectivity index (χ1) is 4.88. The molecule has 0 amide bonds. The van der Waals surface area contributed by atoms with Gasteiger partial charge in [0, 0.05) is 0 Å². The lowest BCUT2D eigenvalue weighted by molar-refractivity contribution is 0.144. The minimum atomic E-state index is -0.414. The van der Waals surface area contributed by atoms with E-state index in [1.54, 1.807) is 0 Å². The van der Waals surface area contributed by atoms with E-state index in [2.05, 4.69) is 15.2 Å². The number of aromatic amines is 1. The SMILES string of the molecule is O[C@@H](c1ncn[nH]1)C1CC1. The third kappa shape index (κ3) is 0.903. The van der Waals surface area contributed by atoms with Crippen molar-refractivity contribution in [2.45, 2.75) is 18.9 Å². The number of aliphatic hydroxyl groups is 1. The Bertz CT molecular complexity index is 205. The fourth-order valence-corrected chi connectivity index (χ4v) is 0.993. The summed E-state index contributed by atoms with van der Waals surface area (Å²) >= 11 is 0. The van der Waals surface area contributed by atoms with Crippen LogP contribution in [0.1, 0.15) is 24.8 Å². The monoisotopic (exact) mass is 139 g/mol. The van der Waals surface area contributed by atoms with Gasteiger partial charge >= 0.3 is 0 Å². The number of nitrogens with zero attached hydrogens (tertiary/aromatic N) is 2. The Labute approximate surface area is 58.3 Å². The van der Waals surface area contributed by atoms with Crippen LogP contribution in [0.25, 0.3) is 0 Å². The Morgan fingerprint density at radius 2 is 2.50 bits per heavy atom. The molecule has 10 heavy (non-hydrogen) atoms. The van der Waals surface area contributed by atoms with Crippen LogP contribution >= 0.6 is 0 Å². The predicted molar refractivity (Wildman–Crippen MR) is 34.1 cm³/mol. The molecule has 0 spiro atoms. The summed E-state index contributed by atoms with van der Waals surface area (Å²) in [5, 5.41) is 15.7. The van der Waals surface area contributed by atoms with E-state index in [-0.39, 0.29) is 0 Å². The molecule has 2 N–H and O–H groups in total. The van der Waals surface area contributed by atoms with Gasteiger partial charge in [-0.3, -0.25) is 5.10 Å². The highest BCUT2D eigenvalue weighted by Crippen LogP contribution is 2.39. The first-order valence-corrected chi connectivity index (χ1v) is 3.41. The molecular formula is C6H9N3O. The first kappa shape index (κ1) is 5.85. The summed E-state index contributed by atoms with van der Waals surface area (Å²) in [5.74, 6) is 1.02. The third-order valence-electron chi connectivity index (χ3n) is 1.78. The van der Waals surface area contributed by atoms with Gasteiger partial charge in [0.2, 0.25) is 0 Å². The molecule has 0 radical (unpaired) electrons. The van der Waals surface area contributed by atoms with E-state index in [0.717, 1.165) is 12.8 Å². The number of rotatable bonds is 2. The third-order valence-corrected chi connectivity index (χ3v) is 1.78. The lowest BCUT2D eigenvalue weighted by Gasteiger charge is -2.01. The summed E-state index contributed by atoms with van der Waals surface area (Å²) in [6.45, 7) is 0. The van der Waals surface area contributed by atoms with Crippen LogP contribution in [0, 0.1) is 5.92 Å². The molecule has 1 aliphatic carbocycles. The maximum atomic E-state index is 9.42. The zero-order valence-corrected chi connectivity index (χ0v) is 5.49. The minimum Gasteiger partial charge on any atom is -0.385 e. The highest BCUT2D eigenvalue weighted by atomic mass is 16.3. The van der Waals surface area contributed by atoms with Crippen molar-refractivity contribution >= 4 is 0 Å². The van der Waals surface area contributed by atoms with Crippen molar-refractivity contribution in [3.8, 4) is 0 Å². The number of aromatic nitrogens is 3. The zero-order chi connectivity index (χ0) is 6.97. The maximum Gasteiger partial charge on any atom is 0.153 e. The molecule has 1 heterocycles. The lowest BCUT2D eigenvalue weighted by Crippen LogP contribution is -2.01. The number of aliphatic hydroxyl groups excluding tert-OH is 1. The van der Waals surface area contributed by atoms with E-state index in [0.29, 0.717) is 11.7 Å². The van der Waals surface area contributed by atoms with Crippen molar-refractivity contribution in [1.29, 1.82) is 0 Å². The molecule has 1 fully saturated rings. The standard InChI is InChI=1S/C6H9N3O/c10-5(4-1-2-4)6-7-3-8-9-6/h3-5,10H,1-2H2,(H,7,8,9)/t5-/m1/s1. The highest BCUT2D eigenvalue weighted by Gasteiger charge is 2.32. The summed E-state index contributed by atoms with van der Waals surface area (Å²) in [4.78, 5) is 3.86. The van der Waals surface area contributed by atoms with Crippen LogP contribution in [0.2, 0.25) is 0 Å². The van der Waals surface area contributed by atoms with Crippen molar-refractivity contribution < 1.29 is 5.11 Å². The van der Waals surface area contributed by atoms with Crippen LogP contribution in [-0.4, -0.2) is 20.3 Å². The Balaban J connectivity index is 2.11. The van der Waals surface area contributed by atoms with Crippen LogP contribution in [0.4, 0.5) is 0 Å². The molecule has 0 bridgehead atoms. The fraction of sp³-hybridized carbons (Fsp3) is 0.667. The van der Waals surface area contributed by atoms with Gasteiger partial charge in [-0.05, 0) is 18.8 Å². The highest BCUT2D eigenvalue weighted by molar-refractivity contribution is 4.94. The fourth-order valence-electron chi connectivity index (χ4n) is 0.993. The molecule has 2 rings (SSSR count). The second kappa shape index (κ2) is 2.05. The molecule has 1 saturated carbocycles. The maximum absolute atomic E-state index is 9.42. The molecule has 1 atom stereocenters. The van der Waals surface area contributed by atoms with E-state index in [1.807, 2.05) is 0 Å². The van der Waals surface area contributed by atoms with E-state index in [1.165, 1.54) is 6.33 Å². The van der Waals surface area contributed by atoms with E-state index in [4.69, 9.17) is 0 Å². The summed E-state index contributed by atoms with van der Waals surface area (Å²) < 4.78 is 0. The molecule has 1 aliphatic rings. The summed E-state index contributed by atoms with van der Waals surface area (Å²) in [7, 11) is 0. The Hall–Kier alpha value is -0.900. The molecule has 4 heteroatoms. The van der Waals surface area contributed by atoms with Gasteiger partial charge < -0.3 is 5.11 Å². The number of hydrogen-bond donors (Lipinski definition) is 2.